The molecule has 0 aliphatic heterocycles. The smallest absolute Gasteiger partial charge is 0.129 e. The molecule has 2 nitrogen and oxygen atoms in total. The summed E-state index contributed by atoms with van der Waals surface area (Å²) in [6.45, 7) is 0.101. The van der Waals surface area contributed by atoms with Gasteiger partial charge in [0.15, 0.2) is 0 Å². The van der Waals surface area contributed by atoms with Crippen molar-refractivity contribution >= 4 is 28.8 Å². The Labute approximate surface area is 120 Å². The van der Waals surface area contributed by atoms with Gasteiger partial charge in [-0.15, -0.1) is 0 Å². The second-order valence-electron chi connectivity index (χ2n) is 3.91. The van der Waals surface area contributed by atoms with E-state index in [0.717, 1.165) is 0 Å². The zero-order valence-electron chi connectivity index (χ0n) is 9.90. The maximum absolute atomic E-state index is 13.6. The van der Waals surface area contributed by atoms with Crippen LogP contribution in [-0.4, -0.2) is 4.99 Å². The molecule has 0 saturated heterocycles. The lowest BCUT2D eigenvalue weighted by Crippen LogP contribution is -2.10. The molecule has 0 bridgehead atoms. The van der Waals surface area contributed by atoms with Crippen LogP contribution in [0.5, 0.6) is 5.75 Å². The molecule has 19 heavy (non-hydrogen) atoms. The van der Waals surface area contributed by atoms with Gasteiger partial charge in [-0.3, -0.25) is 0 Å². The van der Waals surface area contributed by atoms with E-state index >= 15 is 0 Å². The molecule has 0 spiro atoms. The van der Waals surface area contributed by atoms with Crippen molar-refractivity contribution in [3.05, 3.63) is 64.4 Å². The summed E-state index contributed by atoms with van der Waals surface area (Å²) in [7, 11) is 0. The molecule has 0 atom stereocenters. The topological polar surface area (TPSA) is 35.2 Å². The van der Waals surface area contributed by atoms with Crippen molar-refractivity contribution in [3.63, 3.8) is 0 Å². The Balaban J connectivity index is 2.12. The summed E-state index contributed by atoms with van der Waals surface area (Å²) < 4.78 is 19.1. The van der Waals surface area contributed by atoms with Crippen LogP contribution in [0, 0.1) is 5.82 Å². The minimum absolute atomic E-state index is 0.101. The van der Waals surface area contributed by atoms with Crippen molar-refractivity contribution in [1.29, 1.82) is 0 Å². The first kappa shape index (κ1) is 13.8. The van der Waals surface area contributed by atoms with Crippen LogP contribution in [0.1, 0.15) is 11.1 Å². The van der Waals surface area contributed by atoms with E-state index in [4.69, 9.17) is 34.3 Å². The maximum atomic E-state index is 13.6. The molecule has 2 N–H and O–H groups in total. The average molecular weight is 296 g/mol. The minimum Gasteiger partial charge on any atom is -0.489 e. The number of hydrogen-bond donors (Lipinski definition) is 1. The molecule has 2 rings (SSSR count). The molecule has 98 valence electrons. The Morgan fingerprint density at radius 2 is 1.89 bits per heavy atom. The van der Waals surface area contributed by atoms with Gasteiger partial charge in [0.25, 0.3) is 0 Å². The monoisotopic (exact) mass is 295 g/mol. The SMILES string of the molecule is NC(=S)c1ccc(F)c(COc2ccc(Cl)cc2)c1. The standard InChI is InChI=1S/C14H11ClFNOS/c15-11-2-4-12(5-3-11)18-8-10-7-9(14(17)19)1-6-13(10)16/h1-7H,8H2,(H2,17,19). The largest absolute Gasteiger partial charge is 0.489 e. The van der Waals surface area contributed by atoms with Gasteiger partial charge in [0.05, 0.1) is 0 Å². The van der Waals surface area contributed by atoms with E-state index in [-0.39, 0.29) is 17.4 Å². The first-order valence-corrected chi connectivity index (χ1v) is 6.31. The number of thiocarbonyl (C=S) groups is 1. The molecule has 0 aromatic heterocycles. The number of benzene rings is 2. The summed E-state index contributed by atoms with van der Waals surface area (Å²) >= 11 is 10.6. The van der Waals surface area contributed by atoms with Crippen molar-refractivity contribution in [2.75, 3.05) is 0 Å². The van der Waals surface area contributed by atoms with Crippen LogP contribution < -0.4 is 10.5 Å². The maximum Gasteiger partial charge on any atom is 0.129 e. The van der Waals surface area contributed by atoms with Crippen LogP contribution in [-0.2, 0) is 6.61 Å². The predicted octanol–water partition coefficient (Wildman–Crippen LogP) is 3.69. The van der Waals surface area contributed by atoms with Crippen LogP contribution >= 0.6 is 23.8 Å². The van der Waals surface area contributed by atoms with E-state index in [2.05, 4.69) is 0 Å². The molecule has 5 heteroatoms. The van der Waals surface area contributed by atoms with E-state index in [9.17, 15) is 4.39 Å². The Bertz CT molecular complexity index is 601. The van der Waals surface area contributed by atoms with Gasteiger partial charge in [0.2, 0.25) is 0 Å². The van der Waals surface area contributed by atoms with E-state index < -0.39 is 0 Å². The van der Waals surface area contributed by atoms with Gasteiger partial charge in [-0.25, -0.2) is 4.39 Å². The zero-order valence-corrected chi connectivity index (χ0v) is 11.5. The Hall–Kier alpha value is -1.65. The van der Waals surface area contributed by atoms with Crippen molar-refractivity contribution < 1.29 is 9.13 Å². The lowest BCUT2D eigenvalue weighted by atomic mass is 10.1. The molecular formula is C14H11ClFNOS. The van der Waals surface area contributed by atoms with Gasteiger partial charge in [-0.2, -0.15) is 0 Å². The summed E-state index contributed by atoms with van der Waals surface area (Å²) in [5, 5.41) is 0.619. The quantitative estimate of drug-likeness (QED) is 0.874. The van der Waals surface area contributed by atoms with Crippen molar-refractivity contribution in [1.82, 2.24) is 0 Å². The molecule has 0 unspecified atom stereocenters. The normalized spacial score (nSPS) is 10.2. The van der Waals surface area contributed by atoms with Crippen molar-refractivity contribution in [2.45, 2.75) is 6.61 Å². The number of nitrogens with two attached hydrogens (primary N) is 1. The molecule has 0 saturated carbocycles. The summed E-state index contributed by atoms with van der Waals surface area (Å²) in [5.41, 5.74) is 6.53. The highest BCUT2D eigenvalue weighted by Crippen LogP contribution is 2.18. The minimum atomic E-state index is -0.353. The highest BCUT2D eigenvalue weighted by Gasteiger charge is 2.06. The summed E-state index contributed by atoms with van der Waals surface area (Å²) in [6, 6.07) is 11.3. The predicted molar refractivity (Wildman–Crippen MR) is 78.1 cm³/mol. The first-order chi connectivity index (χ1) is 9.06. The third-order valence-electron chi connectivity index (χ3n) is 2.54. The number of hydrogen-bond acceptors (Lipinski definition) is 2. The number of rotatable bonds is 4. The molecule has 0 aliphatic carbocycles. The summed E-state index contributed by atoms with van der Waals surface area (Å²) in [5.74, 6) is 0.262. The molecule has 2 aromatic carbocycles. The van der Waals surface area contributed by atoms with Gasteiger partial charge in [0, 0.05) is 16.1 Å². The van der Waals surface area contributed by atoms with Crippen LogP contribution in [0.2, 0.25) is 5.02 Å². The number of ether oxygens (including phenoxy) is 1. The van der Waals surface area contributed by atoms with Crippen LogP contribution in [0.4, 0.5) is 4.39 Å². The Kier molecular flexibility index (Phi) is 4.35. The third kappa shape index (κ3) is 3.66. The fourth-order valence-corrected chi connectivity index (χ4v) is 1.78. The lowest BCUT2D eigenvalue weighted by Gasteiger charge is -2.08. The van der Waals surface area contributed by atoms with Gasteiger partial charge >= 0.3 is 0 Å². The summed E-state index contributed by atoms with van der Waals surface area (Å²) in [6.07, 6.45) is 0. The first-order valence-electron chi connectivity index (χ1n) is 5.53. The van der Waals surface area contributed by atoms with Gasteiger partial charge < -0.3 is 10.5 Å². The van der Waals surface area contributed by atoms with Gasteiger partial charge in [-0.05, 0) is 42.5 Å². The highest BCUT2D eigenvalue weighted by molar-refractivity contribution is 7.80. The number of halogens is 2. The fraction of sp³-hybridized carbons (Fsp3) is 0.0714. The zero-order chi connectivity index (χ0) is 13.8. The second-order valence-corrected chi connectivity index (χ2v) is 4.79. The highest BCUT2D eigenvalue weighted by atomic mass is 35.5. The Morgan fingerprint density at radius 1 is 1.21 bits per heavy atom. The van der Waals surface area contributed by atoms with E-state index in [1.165, 1.54) is 6.07 Å². The lowest BCUT2D eigenvalue weighted by molar-refractivity contribution is 0.300. The average Bonchev–Trinajstić information content (AvgIpc) is 2.39. The molecular weight excluding hydrogens is 285 g/mol. The molecule has 2 aromatic rings. The third-order valence-corrected chi connectivity index (χ3v) is 3.03. The van der Waals surface area contributed by atoms with E-state index in [1.807, 2.05) is 0 Å². The molecule has 0 fully saturated rings. The molecule has 0 amide bonds. The van der Waals surface area contributed by atoms with Gasteiger partial charge in [-0.1, -0.05) is 23.8 Å². The van der Waals surface area contributed by atoms with Crippen molar-refractivity contribution in [2.24, 2.45) is 5.73 Å². The molecule has 0 aliphatic rings. The fourth-order valence-electron chi connectivity index (χ4n) is 1.53. The van der Waals surface area contributed by atoms with E-state index in [1.54, 1.807) is 36.4 Å². The Morgan fingerprint density at radius 3 is 2.53 bits per heavy atom. The second kappa shape index (κ2) is 5.99. The van der Waals surface area contributed by atoms with Gasteiger partial charge in [0.1, 0.15) is 23.2 Å². The molecule has 0 heterocycles. The van der Waals surface area contributed by atoms with Crippen molar-refractivity contribution in [3.8, 4) is 5.75 Å². The van der Waals surface area contributed by atoms with Crippen LogP contribution in [0.3, 0.4) is 0 Å². The summed E-state index contributed by atoms with van der Waals surface area (Å²) in [4.78, 5) is 0.229. The molecule has 0 radical (unpaired) electrons. The van der Waals surface area contributed by atoms with Crippen LogP contribution in [0.25, 0.3) is 0 Å². The van der Waals surface area contributed by atoms with E-state index in [0.29, 0.717) is 21.9 Å². The van der Waals surface area contributed by atoms with Crippen LogP contribution in [0.15, 0.2) is 42.5 Å².